The number of aliphatic carboxylic acids is 1. The average molecular weight is 234 g/mol. The molecule has 0 heterocycles. The van der Waals surface area contributed by atoms with E-state index in [2.05, 4.69) is 11.7 Å². The van der Waals surface area contributed by atoms with Crippen molar-refractivity contribution in [1.29, 1.82) is 0 Å². The van der Waals surface area contributed by atoms with Crippen molar-refractivity contribution in [2.24, 2.45) is 0 Å². The van der Waals surface area contributed by atoms with Gasteiger partial charge in [0.1, 0.15) is 0 Å². The summed E-state index contributed by atoms with van der Waals surface area (Å²) in [7, 11) is 0. The van der Waals surface area contributed by atoms with E-state index in [9.17, 15) is 9.59 Å². The fraction of sp³-hybridized carbons (Fsp3) is 0.818. The van der Waals surface area contributed by atoms with Crippen LogP contribution in [0.5, 0.6) is 0 Å². The minimum Gasteiger partial charge on any atom is -0.481 e. The summed E-state index contributed by atoms with van der Waals surface area (Å²) in [5, 5.41) is 16.0. The number of ether oxygens (including phenoxy) is 1. The fourth-order valence-electron chi connectivity index (χ4n) is 0.902. The van der Waals surface area contributed by atoms with Crippen molar-refractivity contribution in [1.82, 2.24) is 0 Å². The number of carbonyl (C=O) groups is 2. The number of unbranched alkanes of at least 4 members (excludes halogenated alkanes) is 3. The van der Waals surface area contributed by atoms with Crippen LogP contribution in [0.2, 0.25) is 0 Å². The number of hydrogen-bond acceptors (Lipinski definition) is 3. The lowest BCUT2D eigenvalue weighted by molar-refractivity contribution is -0.137. The topological polar surface area (TPSA) is 83.8 Å². The summed E-state index contributed by atoms with van der Waals surface area (Å²) >= 11 is 0. The van der Waals surface area contributed by atoms with E-state index < -0.39 is 12.1 Å². The van der Waals surface area contributed by atoms with E-state index in [1.165, 1.54) is 0 Å². The Balaban J connectivity index is 0. The van der Waals surface area contributed by atoms with Crippen molar-refractivity contribution < 1.29 is 24.5 Å². The zero-order valence-electron chi connectivity index (χ0n) is 10.1. The van der Waals surface area contributed by atoms with Crippen molar-refractivity contribution in [3.05, 3.63) is 0 Å². The Labute approximate surface area is 96.4 Å². The van der Waals surface area contributed by atoms with Gasteiger partial charge in [-0.05, 0) is 12.8 Å². The molecule has 0 aromatic rings. The summed E-state index contributed by atoms with van der Waals surface area (Å²) in [5.41, 5.74) is 0. The molecule has 0 aliphatic heterocycles. The van der Waals surface area contributed by atoms with E-state index >= 15 is 0 Å². The number of carboxylic acid groups (broad SMARTS) is 2. The maximum atomic E-state index is 9.81. The molecule has 0 rings (SSSR count). The molecule has 0 unspecified atom stereocenters. The molecule has 0 saturated carbocycles. The highest BCUT2D eigenvalue weighted by Gasteiger charge is 1.93. The van der Waals surface area contributed by atoms with Gasteiger partial charge in [-0.3, -0.25) is 4.79 Å². The molecule has 0 aliphatic carbocycles. The van der Waals surface area contributed by atoms with Gasteiger partial charge in [-0.25, -0.2) is 4.79 Å². The lowest BCUT2D eigenvalue weighted by Gasteiger charge is -1.98. The summed E-state index contributed by atoms with van der Waals surface area (Å²) < 4.78 is 4.31. The van der Waals surface area contributed by atoms with Crippen LogP contribution in [-0.4, -0.2) is 28.9 Å². The Bertz CT molecular complexity index is 179. The van der Waals surface area contributed by atoms with Gasteiger partial charge in [-0.2, -0.15) is 0 Å². The van der Waals surface area contributed by atoms with E-state index in [-0.39, 0.29) is 0 Å². The van der Waals surface area contributed by atoms with Crippen LogP contribution in [0.1, 0.15) is 52.4 Å². The molecule has 5 nitrogen and oxygen atoms in total. The van der Waals surface area contributed by atoms with Gasteiger partial charge in [0.2, 0.25) is 0 Å². The van der Waals surface area contributed by atoms with Gasteiger partial charge in [0, 0.05) is 6.42 Å². The second-order valence-electron chi connectivity index (χ2n) is 3.32. The summed E-state index contributed by atoms with van der Waals surface area (Å²) in [6, 6.07) is 0. The highest BCUT2D eigenvalue weighted by molar-refractivity contribution is 5.66. The minimum absolute atomic E-state index is 0.292. The molecule has 5 heteroatoms. The molecule has 96 valence electrons. The first-order valence-electron chi connectivity index (χ1n) is 5.62. The third-order valence-corrected chi connectivity index (χ3v) is 1.69. The summed E-state index contributed by atoms with van der Waals surface area (Å²) in [6.45, 7) is 4.29. The van der Waals surface area contributed by atoms with Gasteiger partial charge in [0.05, 0.1) is 6.61 Å². The Morgan fingerprint density at radius 1 is 1.00 bits per heavy atom. The Morgan fingerprint density at radius 2 is 1.62 bits per heavy atom. The molecule has 0 bridgehead atoms. The molecule has 0 radical (unpaired) electrons. The molecule has 0 atom stereocenters. The van der Waals surface area contributed by atoms with Crippen molar-refractivity contribution in [2.45, 2.75) is 52.4 Å². The zero-order valence-corrected chi connectivity index (χ0v) is 10.1. The SMILES string of the molecule is CCCC(=O)O.CCCCCCOC(=O)O. The standard InChI is InChI=1S/C7H14O3.C4H8O2/c1-2-3-4-5-6-10-7(8)9;1-2-3-4(5)6/h2-6H2,1H3,(H,8,9);2-3H2,1H3,(H,5,6). The van der Waals surface area contributed by atoms with E-state index in [1.807, 2.05) is 6.92 Å². The molecule has 2 N–H and O–H groups in total. The normalized spacial score (nSPS) is 8.88. The van der Waals surface area contributed by atoms with Crippen LogP contribution in [0.4, 0.5) is 4.79 Å². The summed E-state index contributed by atoms with van der Waals surface area (Å²) in [5.74, 6) is -0.711. The molecule has 0 spiro atoms. The van der Waals surface area contributed by atoms with Gasteiger partial charge in [0.15, 0.2) is 0 Å². The van der Waals surface area contributed by atoms with Crippen LogP contribution in [-0.2, 0) is 9.53 Å². The molecular weight excluding hydrogens is 212 g/mol. The van der Waals surface area contributed by atoms with Gasteiger partial charge < -0.3 is 14.9 Å². The number of rotatable bonds is 7. The van der Waals surface area contributed by atoms with Crippen LogP contribution in [0.25, 0.3) is 0 Å². The van der Waals surface area contributed by atoms with Gasteiger partial charge >= 0.3 is 12.1 Å². The lowest BCUT2D eigenvalue weighted by Crippen LogP contribution is -2.01. The molecule has 0 fully saturated rings. The van der Waals surface area contributed by atoms with Gasteiger partial charge in [-0.15, -0.1) is 0 Å². The molecule has 16 heavy (non-hydrogen) atoms. The first-order chi connectivity index (χ1) is 7.54. The fourth-order valence-corrected chi connectivity index (χ4v) is 0.902. The third-order valence-electron chi connectivity index (χ3n) is 1.69. The van der Waals surface area contributed by atoms with Crippen LogP contribution in [0, 0.1) is 0 Å². The van der Waals surface area contributed by atoms with Crippen LogP contribution >= 0.6 is 0 Å². The maximum absolute atomic E-state index is 9.81. The number of hydrogen-bond donors (Lipinski definition) is 2. The van der Waals surface area contributed by atoms with Crippen LogP contribution in [0.15, 0.2) is 0 Å². The highest BCUT2D eigenvalue weighted by atomic mass is 16.7. The van der Waals surface area contributed by atoms with Crippen LogP contribution < -0.4 is 0 Å². The largest absolute Gasteiger partial charge is 0.505 e. The summed E-state index contributed by atoms with van der Waals surface area (Å²) in [4.78, 5) is 19.4. The first-order valence-corrected chi connectivity index (χ1v) is 5.62. The maximum Gasteiger partial charge on any atom is 0.505 e. The summed E-state index contributed by atoms with van der Waals surface area (Å²) in [6.07, 6.45) is 4.08. The molecular formula is C11H22O5. The number of carboxylic acids is 1. The monoisotopic (exact) mass is 234 g/mol. The molecule has 0 aliphatic rings. The van der Waals surface area contributed by atoms with Crippen molar-refractivity contribution >= 4 is 12.1 Å². The van der Waals surface area contributed by atoms with E-state index in [0.717, 1.165) is 32.1 Å². The minimum atomic E-state index is -1.17. The van der Waals surface area contributed by atoms with E-state index in [0.29, 0.717) is 13.0 Å². The predicted molar refractivity (Wildman–Crippen MR) is 60.7 cm³/mol. The zero-order chi connectivity index (χ0) is 12.8. The predicted octanol–water partition coefficient (Wildman–Crippen LogP) is 3.13. The third kappa shape index (κ3) is 23.0. The molecule has 0 amide bonds. The van der Waals surface area contributed by atoms with E-state index in [1.54, 1.807) is 0 Å². The molecule has 0 aromatic heterocycles. The average Bonchev–Trinajstić information content (AvgIpc) is 2.17. The van der Waals surface area contributed by atoms with Crippen molar-refractivity contribution in [3.8, 4) is 0 Å². The van der Waals surface area contributed by atoms with Crippen molar-refractivity contribution in [2.75, 3.05) is 6.61 Å². The van der Waals surface area contributed by atoms with Gasteiger partial charge in [0.25, 0.3) is 0 Å². The Hall–Kier alpha value is -1.26. The Kier molecular flexibility index (Phi) is 14.7. The quantitative estimate of drug-likeness (QED) is 0.522. The van der Waals surface area contributed by atoms with E-state index in [4.69, 9.17) is 10.2 Å². The first kappa shape index (κ1) is 17.1. The second-order valence-corrected chi connectivity index (χ2v) is 3.32. The highest BCUT2D eigenvalue weighted by Crippen LogP contribution is 1.98. The van der Waals surface area contributed by atoms with Crippen molar-refractivity contribution in [3.63, 3.8) is 0 Å². The Morgan fingerprint density at radius 3 is 1.94 bits per heavy atom. The second kappa shape index (κ2) is 13.7. The molecule has 0 saturated heterocycles. The molecule has 0 aromatic carbocycles. The van der Waals surface area contributed by atoms with Crippen LogP contribution in [0.3, 0.4) is 0 Å². The smallest absolute Gasteiger partial charge is 0.481 e. The lowest BCUT2D eigenvalue weighted by atomic mass is 10.2. The van der Waals surface area contributed by atoms with Gasteiger partial charge in [-0.1, -0.05) is 33.1 Å².